The number of hydrogen-bond acceptors (Lipinski definition) is 4. The first-order valence-corrected chi connectivity index (χ1v) is 7.30. The number of unbranched alkanes of at least 4 members (excludes halogenated alkanes) is 1. The van der Waals surface area contributed by atoms with Crippen LogP contribution < -0.4 is 9.47 Å². The number of Topliss-reactive ketones (excluding diaryl/α,β-unsaturated/α-hetero) is 1. The summed E-state index contributed by atoms with van der Waals surface area (Å²) in [4.78, 5) is 22.6. The molecule has 5 nitrogen and oxygen atoms in total. The van der Waals surface area contributed by atoms with E-state index in [1.165, 1.54) is 0 Å². The zero-order valence-electron chi connectivity index (χ0n) is 11.6. The van der Waals surface area contributed by atoms with Crippen LogP contribution in [-0.4, -0.2) is 30.1 Å². The highest BCUT2D eigenvalue weighted by Crippen LogP contribution is 2.35. The minimum absolute atomic E-state index is 0.0716. The highest BCUT2D eigenvalue weighted by molar-refractivity contribution is 6.34. The summed E-state index contributed by atoms with van der Waals surface area (Å²) in [6.07, 6.45) is 2.12. The molecule has 1 aromatic carbocycles. The molecule has 21 heavy (non-hydrogen) atoms. The van der Waals surface area contributed by atoms with E-state index in [2.05, 4.69) is 0 Å². The molecule has 0 fully saturated rings. The maximum atomic E-state index is 12.2. The number of carbonyl (C=O) groups is 2. The van der Waals surface area contributed by atoms with Gasteiger partial charge in [0.05, 0.1) is 18.2 Å². The topological polar surface area (TPSA) is 72.8 Å². The fourth-order valence-corrected chi connectivity index (χ4v) is 2.35. The smallest absolute Gasteiger partial charge is 0.303 e. The minimum Gasteiger partial charge on any atom is -0.490 e. The minimum atomic E-state index is -0.851. The van der Waals surface area contributed by atoms with E-state index in [4.69, 9.17) is 26.2 Å². The third kappa shape index (κ3) is 4.36. The number of carboxylic acid groups (broad SMARTS) is 1. The number of benzene rings is 1. The van der Waals surface area contributed by atoms with E-state index in [9.17, 15) is 9.59 Å². The molecular weight excluding hydrogens is 296 g/mol. The molecule has 0 aliphatic carbocycles. The fourth-order valence-electron chi connectivity index (χ4n) is 2.09. The molecule has 1 N–H and O–H groups in total. The Labute approximate surface area is 127 Å². The lowest BCUT2D eigenvalue weighted by atomic mass is 10.0. The quantitative estimate of drug-likeness (QED) is 0.644. The van der Waals surface area contributed by atoms with Gasteiger partial charge in [-0.2, -0.15) is 0 Å². The van der Waals surface area contributed by atoms with Crippen molar-refractivity contribution in [2.45, 2.75) is 32.1 Å². The second-order valence-electron chi connectivity index (χ2n) is 4.85. The number of hydrogen-bond donors (Lipinski definition) is 1. The van der Waals surface area contributed by atoms with Gasteiger partial charge < -0.3 is 14.6 Å². The zero-order valence-corrected chi connectivity index (χ0v) is 12.3. The second kappa shape index (κ2) is 7.31. The Kier molecular flexibility index (Phi) is 5.44. The third-order valence-electron chi connectivity index (χ3n) is 3.18. The molecule has 0 saturated heterocycles. The number of carboxylic acids is 1. The van der Waals surface area contributed by atoms with Crippen molar-refractivity contribution in [1.29, 1.82) is 0 Å². The normalized spacial score (nSPS) is 13.6. The van der Waals surface area contributed by atoms with Crippen LogP contribution >= 0.6 is 11.6 Å². The van der Waals surface area contributed by atoms with Crippen LogP contribution in [0.5, 0.6) is 11.5 Å². The molecule has 2 rings (SSSR count). The molecular formula is C15H17ClO5. The van der Waals surface area contributed by atoms with Crippen molar-refractivity contribution in [1.82, 2.24) is 0 Å². The molecule has 0 unspecified atom stereocenters. The van der Waals surface area contributed by atoms with Crippen molar-refractivity contribution < 1.29 is 24.2 Å². The van der Waals surface area contributed by atoms with Crippen LogP contribution in [0.1, 0.15) is 42.5 Å². The lowest BCUT2D eigenvalue weighted by molar-refractivity contribution is -0.137. The molecule has 114 valence electrons. The van der Waals surface area contributed by atoms with Crippen LogP contribution in [0.2, 0.25) is 5.02 Å². The van der Waals surface area contributed by atoms with E-state index in [0.717, 1.165) is 6.42 Å². The summed E-state index contributed by atoms with van der Waals surface area (Å²) >= 11 is 6.12. The molecule has 1 aliphatic rings. The van der Waals surface area contributed by atoms with Gasteiger partial charge in [-0.05, 0) is 18.9 Å². The molecule has 6 heteroatoms. The van der Waals surface area contributed by atoms with Gasteiger partial charge in [-0.15, -0.1) is 0 Å². The van der Waals surface area contributed by atoms with Gasteiger partial charge >= 0.3 is 5.97 Å². The van der Waals surface area contributed by atoms with Gasteiger partial charge in [-0.1, -0.05) is 11.6 Å². The lowest BCUT2D eigenvalue weighted by Crippen LogP contribution is -2.03. The molecule has 1 heterocycles. The number of ether oxygens (including phenoxy) is 2. The average molecular weight is 313 g/mol. The van der Waals surface area contributed by atoms with Crippen molar-refractivity contribution in [2.75, 3.05) is 13.2 Å². The summed E-state index contributed by atoms with van der Waals surface area (Å²) in [5, 5.41) is 8.90. The van der Waals surface area contributed by atoms with E-state index in [0.29, 0.717) is 48.1 Å². The van der Waals surface area contributed by atoms with Crippen LogP contribution in [0.3, 0.4) is 0 Å². The van der Waals surface area contributed by atoms with Gasteiger partial charge in [0.25, 0.3) is 0 Å². The summed E-state index contributed by atoms with van der Waals surface area (Å²) in [7, 11) is 0. The van der Waals surface area contributed by atoms with Crippen LogP contribution in [0, 0.1) is 0 Å². The van der Waals surface area contributed by atoms with E-state index in [-0.39, 0.29) is 18.6 Å². The predicted octanol–water partition coefficient (Wildman–Crippen LogP) is 3.33. The Morgan fingerprint density at radius 3 is 2.38 bits per heavy atom. The Hall–Kier alpha value is -1.75. The molecule has 1 aromatic rings. The van der Waals surface area contributed by atoms with Crippen molar-refractivity contribution in [3.8, 4) is 11.5 Å². The number of ketones is 1. The first-order valence-electron chi connectivity index (χ1n) is 6.92. The Bertz CT molecular complexity index is 541. The molecule has 0 radical (unpaired) electrons. The standard InChI is InChI=1S/C15H17ClO5/c16-11-9-14-13(20-6-3-7-21-14)8-10(11)12(17)4-1-2-5-15(18)19/h8-9H,1-7H2,(H,18,19). The fraction of sp³-hybridized carbons (Fsp3) is 0.467. The average Bonchev–Trinajstić information content (AvgIpc) is 2.67. The number of carbonyl (C=O) groups excluding carboxylic acids is 1. The first kappa shape index (κ1) is 15.6. The Balaban J connectivity index is 2.03. The van der Waals surface area contributed by atoms with Gasteiger partial charge in [0.15, 0.2) is 17.3 Å². The molecule has 0 amide bonds. The highest BCUT2D eigenvalue weighted by Gasteiger charge is 2.18. The van der Waals surface area contributed by atoms with Crippen LogP contribution in [0.4, 0.5) is 0 Å². The number of fused-ring (bicyclic) bond motifs is 1. The molecule has 0 saturated carbocycles. The second-order valence-corrected chi connectivity index (χ2v) is 5.26. The lowest BCUT2D eigenvalue weighted by Gasteiger charge is -2.10. The summed E-state index contributed by atoms with van der Waals surface area (Å²) in [5.74, 6) is 0.128. The van der Waals surface area contributed by atoms with E-state index < -0.39 is 5.97 Å². The van der Waals surface area contributed by atoms with Gasteiger partial charge in [-0.25, -0.2) is 0 Å². The van der Waals surface area contributed by atoms with Crippen LogP contribution in [-0.2, 0) is 4.79 Å². The largest absolute Gasteiger partial charge is 0.490 e. The Morgan fingerprint density at radius 2 is 1.71 bits per heavy atom. The van der Waals surface area contributed by atoms with Crippen LogP contribution in [0.25, 0.3) is 0 Å². The van der Waals surface area contributed by atoms with E-state index >= 15 is 0 Å². The number of aliphatic carboxylic acids is 1. The van der Waals surface area contributed by atoms with Crippen molar-refractivity contribution >= 4 is 23.4 Å². The number of rotatable bonds is 6. The Morgan fingerprint density at radius 1 is 1.10 bits per heavy atom. The number of halogens is 1. The maximum Gasteiger partial charge on any atom is 0.303 e. The maximum absolute atomic E-state index is 12.2. The third-order valence-corrected chi connectivity index (χ3v) is 3.49. The van der Waals surface area contributed by atoms with Gasteiger partial charge in [0, 0.05) is 30.9 Å². The molecule has 0 atom stereocenters. The molecule has 1 aliphatic heterocycles. The van der Waals surface area contributed by atoms with Crippen LogP contribution in [0.15, 0.2) is 12.1 Å². The van der Waals surface area contributed by atoms with Gasteiger partial charge in [-0.3, -0.25) is 9.59 Å². The summed E-state index contributed by atoms with van der Waals surface area (Å²) in [6.45, 7) is 1.10. The zero-order chi connectivity index (χ0) is 15.2. The summed E-state index contributed by atoms with van der Waals surface area (Å²) < 4.78 is 11.0. The molecule has 0 spiro atoms. The monoisotopic (exact) mass is 312 g/mol. The predicted molar refractivity (Wildman–Crippen MR) is 77.5 cm³/mol. The first-order chi connectivity index (χ1) is 10.1. The molecule has 0 aromatic heterocycles. The van der Waals surface area contributed by atoms with Crippen molar-refractivity contribution in [2.24, 2.45) is 0 Å². The van der Waals surface area contributed by atoms with Gasteiger partial charge in [0.1, 0.15) is 0 Å². The molecule has 0 bridgehead atoms. The van der Waals surface area contributed by atoms with Crippen molar-refractivity contribution in [3.63, 3.8) is 0 Å². The van der Waals surface area contributed by atoms with Gasteiger partial charge in [0.2, 0.25) is 0 Å². The van der Waals surface area contributed by atoms with E-state index in [1.807, 2.05) is 0 Å². The van der Waals surface area contributed by atoms with Crippen molar-refractivity contribution in [3.05, 3.63) is 22.7 Å². The highest BCUT2D eigenvalue weighted by atomic mass is 35.5. The summed E-state index contributed by atoms with van der Waals surface area (Å²) in [6, 6.07) is 3.22. The summed E-state index contributed by atoms with van der Waals surface area (Å²) in [5.41, 5.74) is 0.399. The van der Waals surface area contributed by atoms with E-state index in [1.54, 1.807) is 12.1 Å². The SMILES string of the molecule is O=C(O)CCCCC(=O)c1cc2c(cc1Cl)OCCCO2.